The lowest BCUT2D eigenvalue weighted by Gasteiger charge is -2.01. The molecule has 5 heterocycles. The Balaban J connectivity index is 1.29. The zero-order valence-electron chi connectivity index (χ0n) is 16.0. The summed E-state index contributed by atoms with van der Waals surface area (Å²) in [5.74, 6) is -0.784. The van der Waals surface area contributed by atoms with Gasteiger partial charge in [-0.15, -0.1) is 5.10 Å². The van der Waals surface area contributed by atoms with Crippen LogP contribution >= 0.6 is 11.6 Å². The Morgan fingerprint density at radius 3 is 2.97 bits per heavy atom. The number of imidazole rings is 2. The van der Waals surface area contributed by atoms with Gasteiger partial charge in [-0.05, 0) is 18.6 Å². The van der Waals surface area contributed by atoms with Crippen molar-refractivity contribution >= 4 is 34.2 Å². The highest BCUT2D eigenvalue weighted by Gasteiger charge is 2.17. The molecule has 2 N–H and O–H groups in total. The molecule has 156 valence electrons. The summed E-state index contributed by atoms with van der Waals surface area (Å²) in [6, 6.07) is 3.12. The van der Waals surface area contributed by atoms with Crippen LogP contribution in [0.1, 0.15) is 28.3 Å². The molecule has 0 spiro atoms. The predicted octanol–water partition coefficient (Wildman–Crippen LogP) is 2.21. The minimum absolute atomic E-state index is 0.00687. The average molecular weight is 440 g/mol. The molecular weight excluding hydrogens is 425 g/mol. The smallest absolute Gasteiger partial charge is 0.185 e. The molecule has 0 saturated heterocycles. The van der Waals surface area contributed by atoms with Gasteiger partial charge in [-0.2, -0.15) is 5.10 Å². The van der Waals surface area contributed by atoms with Gasteiger partial charge < -0.3 is 10.1 Å². The number of ketones is 1. The molecule has 0 aliphatic carbocycles. The van der Waals surface area contributed by atoms with Gasteiger partial charge in [0.25, 0.3) is 0 Å². The van der Waals surface area contributed by atoms with E-state index in [1.54, 1.807) is 35.4 Å². The van der Waals surface area contributed by atoms with Gasteiger partial charge in [0.15, 0.2) is 17.2 Å². The Kier molecular flexibility index (Phi) is 4.59. The predicted molar refractivity (Wildman–Crippen MR) is 109 cm³/mol. The summed E-state index contributed by atoms with van der Waals surface area (Å²) in [6.45, 7) is 0.304. The van der Waals surface area contributed by atoms with Gasteiger partial charge in [0.2, 0.25) is 0 Å². The van der Waals surface area contributed by atoms with Gasteiger partial charge >= 0.3 is 0 Å². The molecule has 0 saturated carbocycles. The number of hydrogen-bond donors (Lipinski definition) is 1. The van der Waals surface area contributed by atoms with E-state index in [2.05, 4.69) is 25.4 Å². The van der Waals surface area contributed by atoms with Crippen molar-refractivity contribution in [3.05, 3.63) is 71.2 Å². The third-order valence-corrected chi connectivity index (χ3v) is 5.14. The molecule has 5 aromatic heterocycles. The second-order valence-corrected chi connectivity index (χ2v) is 7.34. The quantitative estimate of drug-likeness (QED) is 0.402. The van der Waals surface area contributed by atoms with E-state index in [0.717, 1.165) is 0 Å². The number of rotatable bonds is 6. The van der Waals surface area contributed by atoms with E-state index in [1.165, 1.54) is 21.5 Å². The maximum atomic E-state index is 14.3. The molecule has 31 heavy (non-hydrogen) atoms. The van der Waals surface area contributed by atoms with Crippen molar-refractivity contribution in [1.82, 2.24) is 39.0 Å². The summed E-state index contributed by atoms with van der Waals surface area (Å²) < 4.78 is 19.0. The minimum Gasteiger partial charge on any atom is -0.396 e. The van der Waals surface area contributed by atoms with Crippen molar-refractivity contribution in [2.24, 2.45) is 0 Å². The first-order valence-electron chi connectivity index (χ1n) is 9.31. The van der Waals surface area contributed by atoms with Gasteiger partial charge in [-0.1, -0.05) is 16.8 Å². The second-order valence-electron chi connectivity index (χ2n) is 6.94. The topological polar surface area (TPSA) is 121 Å². The van der Waals surface area contributed by atoms with Crippen LogP contribution < -0.4 is 5.73 Å². The summed E-state index contributed by atoms with van der Waals surface area (Å²) in [5.41, 5.74) is 8.56. The molecule has 0 fully saturated rings. The molecule has 0 aliphatic heterocycles. The third kappa shape index (κ3) is 3.48. The number of aryl methyl sites for hydroxylation is 1. The van der Waals surface area contributed by atoms with Gasteiger partial charge in [0, 0.05) is 12.6 Å². The molecule has 0 bridgehead atoms. The number of carbonyl (C=O) groups is 1. The summed E-state index contributed by atoms with van der Waals surface area (Å²) in [5, 5.41) is 12.1. The number of fused-ring (bicyclic) bond motifs is 2. The van der Waals surface area contributed by atoms with E-state index in [-0.39, 0.29) is 34.9 Å². The maximum absolute atomic E-state index is 14.3. The highest BCUT2D eigenvalue weighted by atomic mass is 35.5. The molecule has 10 nitrogen and oxygen atoms in total. The average Bonchev–Trinajstić information content (AvgIpc) is 3.48. The lowest BCUT2D eigenvalue weighted by Crippen LogP contribution is -2.03. The van der Waals surface area contributed by atoms with Crippen LogP contribution in [0, 0.1) is 5.82 Å². The zero-order chi connectivity index (χ0) is 21.5. The Morgan fingerprint density at radius 2 is 2.13 bits per heavy atom. The molecular formula is C19H15ClFN9O. The standard InChI is InChI=1S/C19H15ClFN9O/c20-12-4-6-28-10-23-14(18(28)17(12)21)1-2-16(31)15-9-29(27-26-15)7-11-8-30-19(25-11)13(22)3-5-24-30/h3-6,8-10H,1-2,7,22H2. The fourth-order valence-corrected chi connectivity index (χ4v) is 3.48. The first-order chi connectivity index (χ1) is 15.0. The van der Waals surface area contributed by atoms with Gasteiger partial charge in [0.1, 0.15) is 11.2 Å². The van der Waals surface area contributed by atoms with Crippen LogP contribution in [0.4, 0.5) is 10.1 Å². The fraction of sp³-hybridized carbons (Fsp3) is 0.158. The van der Waals surface area contributed by atoms with Crippen LogP contribution in [0.3, 0.4) is 0 Å². The number of pyridine rings is 1. The summed E-state index contributed by atoms with van der Waals surface area (Å²) >= 11 is 5.86. The normalized spacial score (nSPS) is 11.5. The molecule has 0 amide bonds. The molecule has 12 heteroatoms. The van der Waals surface area contributed by atoms with E-state index >= 15 is 0 Å². The van der Waals surface area contributed by atoms with E-state index < -0.39 is 5.82 Å². The van der Waals surface area contributed by atoms with E-state index in [0.29, 0.717) is 29.3 Å². The number of carbonyl (C=O) groups excluding carboxylic acids is 1. The van der Waals surface area contributed by atoms with E-state index in [4.69, 9.17) is 17.3 Å². The molecule has 0 unspecified atom stereocenters. The Morgan fingerprint density at radius 1 is 1.26 bits per heavy atom. The molecule has 0 atom stereocenters. The maximum Gasteiger partial charge on any atom is 0.185 e. The number of nitrogen functional groups attached to an aromatic ring is 1. The molecule has 0 aromatic carbocycles. The minimum atomic E-state index is -0.558. The van der Waals surface area contributed by atoms with Gasteiger partial charge in [-0.3, -0.25) is 4.79 Å². The number of hydrogen-bond acceptors (Lipinski definition) is 7. The zero-order valence-corrected chi connectivity index (χ0v) is 16.7. The SMILES string of the molecule is Nc1ccnn2cc(Cn3cc(C(=O)CCc4ncn5ccc(Cl)c(F)c45)nn3)nc12. The number of aromatic nitrogens is 8. The van der Waals surface area contributed by atoms with Crippen LogP contribution in [0.15, 0.2) is 43.2 Å². The van der Waals surface area contributed by atoms with Crippen LogP contribution in [0.25, 0.3) is 11.2 Å². The number of Topliss-reactive ketones (excluding diaryl/α,β-unsaturated/α-hetero) is 1. The van der Waals surface area contributed by atoms with Crippen molar-refractivity contribution < 1.29 is 9.18 Å². The van der Waals surface area contributed by atoms with Gasteiger partial charge in [0.05, 0.1) is 53.6 Å². The second kappa shape index (κ2) is 7.43. The van der Waals surface area contributed by atoms with Crippen LogP contribution in [0.5, 0.6) is 0 Å². The van der Waals surface area contributed by atoms with Crippen LogP contribution in [-0.4, -0.2) is 44.8 Å². The Bertz CT molecular complexity index is 1440. The Hall–Kier alpha value is -3.86. The van der Waals surface area contributed by atoms with Crippen molar-refractivity contribution in [2.75, 3.05) is 5.73 Å². The third-order valence-electron chi connectivity index (χ3n) is 4.85. The van der Waals surface area contributed by atoms with Gasteiger partial charge in [-0.25, -0.2) is 23.6 Å². The Labute approximate surface area is 179 Å². The first kappa shape index (κ1) is 19.1. The lowest BCUT2D eigenvalue weighted by molar-refractivity contribution is 0.0977. The number of anilines is 1. The van der Waals surface area contributed by atoms with E-state index in [1.807, 2.05) is 0 Å². The fourth-order valence-electron chi connectivity index (χ4n) is 3.34. The molecule has 5 aromatic rings. The number of nitrogens with zero attached hydrogens (tertiary/aromatic N) is 8. The largest absolute Gasteiger partial charge is 0.396 e. The molecule has 0 aliphatic rings. The highest BCUT2D eigenvalue weighted by molar-refractivity contribution is 6.31. The monoisotopic (exact) mass is 439 g/mol. The van der Waals surface area contributed by atoms with Crippen LogP contribution in [0.2, 0.25) is 5.02 Å². The summed E-state index contributed by atoms with van der Waals surface area (Å²) in [6.07, 6.45) is 8.32. The number of halogens is 2. The van der Waals surface area contributed by atoms with Crippen molar-refractivity contribution in [3.8, 4) is 0 Å². The van der Waals surface area contributed by atoms with Crippen LogP contribution in [-0.2, 0) is 13.0 Å². The molecule has 5 rings (SSSR count). The van der Waals surface area contributed by atoms with Crippen molar-refractivity contribution in [2.45, 2.75) is 19.4 Å². The first-order valence-corrected chi connectivity index (χ1v) is 9.69. The van der Waals surface area contributed by atoms with Crippen molar-refractivity contribution in [1.29, 1.82) is 0 Å². The summed E-state index contributed by atoms with van der Waals surface area (Å²) in [4.78, 5) is 21.2. The highest BCUT2D eigenvalue weighted by Crippen LogP contribution is 2.22. The summed E-state index contributed by atoms with van der Waals surface area (Å²) in [7, 11) is 0. The van der Waals surface area contributed by atoms with Crippen molar-refractivity contribution in [3.63, 3.8) is 0 Å². The lowest BCUT2D eigenvalue weighted by atomic mass is 10.1. The molecule has 0 radical (unpaired) electrons. The van der Waals surface area contributed by atoms with E-state index in [9.17, 15) is 9.18 Å². The number of nitrogens with two attached hydrogens (primary N) is 1.